The third-order valence-electron chi connectivity index (χ3n) is 2.32. The molecule has 0 aromatic heterocycles. The molecule has 0 saturated heterocycles. The van der Waals surface area contributed by atoms with E-state index in [1.807, 2.05) is 0 Å². The van der Waals surface area contributed by atoms with Crippen LogP contribution in [0, 0.1) is 5.82 Å². The maximum absolute atomic E-state index is 13.6. The van der Waals surface area contributed by atoms with Crippen molar-refractivity contribution in [1.29, 1.82) is 0 Å². The molecule has 7 nitrogen and oxygen atoms in total. The van der Waals surface area contributed by atoms with Gasteiger partial charge in [0.2, 0.25) is 5.91 Å². The van der Waals surface area contributed by atoms with Gasteiger partial charge in [-0.2, -0.15) is 0 Å². The first-order chi connectivity index (χ1) is 9.79. The average molecular weight is 297 g/mol. The van der Waals surface area contributed by atoms with E-state index in [1.54, 1.807) is 13.8 Å². The van der Waals surface area contributed by atoms with Gasteiger partial charge in [0, 0.05) is 6.04 Å². The number of carbonyl (C=O) groups is 3. The molecule has 0 aliphatic heterocycles. The van der Waals surface area contributed by atoms with Crippen LogP contribution in [0.2, 0.25) is 0 Å². The molecule has 0 saturated carbocycles. The summed E-state index contributed by atoms with van der Waals surface area (Å²) < 4.78 is 13.6. The highest BCUT2D eigenvalue weighted by Gasteiger charge is 2.11. The Bertz CT molecular complexity index is 560. The Kier molecular flexibility index (Phi) is 5.65. The van der Waals surface area contributed by atoms with Crippen LogP contribution in [0.1, 0.15) is 24.2 Å². The van der Waals surface area contributed by atoms with E-state index in [4.69, 9.17) is 5.11 Å². The van der Waals surface area contributed by atoms with Crippen LogP contribution in [0.4, 0.5) is 14.9 Å². The number of amides is 3. The van der Waals surface area contributed by atoms with E-state index >= 15 is 0 Å². The van der Waals surface area contributed by atoms with Crippen LogP contribution in [0.5, 0.6) is 0 Å². The largest absolute Gasteiger partial charge is 0.478 e. The van der Waals surface area contributed by atoms with Crippen LogP contribution in [0.25, 0.3) is 0 Å². The predicted octanol–water partition coefficient (Wildman–Crippen LogP) is 1.17. The Balaban J connectivity index is 2.55. The van der Waals surface area contributed by atoms with E-state index in [0.717, 1.165) is 18.2 Å². The van der Waals surface area contributed by atoms with Crippen molar-refractivity contribution in [1.82, 2.24) is 10.6 Å². The summed E-state index contributed by atoms with van der Waals surface area (Å²) in [4.78, 5) is 33.4. The summed E-state index contributed by atoms with van der Waals surface area (Å²) in [7, 11) is 0. The topological polar surface area (TPSA) is 108 Å². The fourth-order valence-corrected chi connectivity index (χ4v) is 1.45. The maximum Gasteiger partial charge on any atom is 0.335 e. The summed E-state index contributed by atoms with van der Waals surface area (Å²) >= 11 is 0. The van der Waals surface area contributed by atoms with Crippen molar-refractivity contribution >= 4 is 23.6 Å². The van der Waals surface area contributed by atoms with Crippen molar-refractivity contribution in [3.05, 3.63) is 29.6 Å². The van der Waals surface area contributed by atoms with Crippen LogP contribution in [-0.4, -0.2) is 35.6 Å². The molecule has 1 aromatic rings. The molecule has 1 aromatic carbocycles. The third-order valence-corrected chi connectivity index (χ3v) is 2.32. The minimum Gasteiger partial charge on any atom is -0.478 e. The molecule has 114 valence electrons. The smallest absolute Gasteiger partial charge is 0.335 e. The van der Waals surface area contributed by atoms with Crippen molar-refractivity contribution in [3.63, 3.8) is 0 Å². The standard InChI is InChI=1S/C13H16FN3O4/c1-7(2)16-11(18)6-15-13(21)17-10-4-3-8(12(19)20)5-9(10)14/h3-5,7H,6H2,1-2H3,(H,16,18)(H,19,20)(H2,15,17,21). The van der Waals surface area contributed by atoms with E-state index < -0.39 is 17.8 Å². The van der Waals surface area contributed by atoms with Gasteiger partial charge < -0.3 is 21.1 Å². The summed E-state index contributed by atoms with van der Waals surface area (Å²) in [6.45, 7) is 3.30. The second-order valence-corrected chi connectivity index (χ2v) is 4.53. The Labute approximate surface area is 120 Å². The summed E-state index contributed by atoms with van der Waals surface area (Å²) in [5.41, 5.74) is -0.406. The van der Waals surface area contributed by atoms with E-state index in [9.17, 15) is 18.8 Å². The Morgan fingerprint density at radius 3 is 2.48 bits per heavy atom. The second-order valence-electron chi connectivity index (χ2n) is 4.53. The minimum atomic E-state index is -1.27. The minimum absolute atomic E-state index is 0.0524. The molecule has 0 fully saturated rings. The summed E-state index contributed by atoms with van der Waals surface area (Å²) in [6.07, 6.45) is 0. The molecular weight excluding hydrogens is 281 g/mol. The fourth-order valence-electron chi connectivity index (χ4n) is 1.45. The number of aromatic carboxylic acids is 1. The van der Waals surface area contributed by atoms with Crippen molar-refractivity contribution in [2.45, 2.75) is 19.9 Å². The normalized spacial score (nSPS) is 10.1. The zero-order valence-corrected chi connectivity index (χ0v) is 11.6. The SMILES string of the molecule is CC(C)NC(=O)CNC(=O)Nc1ccc(C(=O)O)cc1F. The highest BCUT2D eigenvalue weighted by atomic mass is 19.1. The number of anilines is 1. The van der Waals surface area contributed by atoms with Crippen molar-refractivity contribution in [2.24, 2.45) is 0 Å². The lowest BCUT2D eigenvalue weighted by Gasteiger charge is -2.10. The number of urea groups is 1. The summed E-state index contributed by atoms with van der Waals surface area (Å²) in [5.74, 6) is -2.52. The van der Waals surface area contributed by atoms with Crippen LogP contribution in [0.3, 0.4) is 0 Å². The molecule has 0 unspecified atom stereocenters. The summed E-state index contributed by atoms with van der Waals surface area (Å²) in [5, 5.41) is 15.7. The molecule has 0 bridgehead atoms. The predicted molar refractivity (Wildman–Crippen MR) is 73.7 cm³/mol. The molecule has 0 heterocycles. The molecule has 0 aliphatic carbocycles. The molecule has 1 rings (SSSR count). The van der Waals surface area contributed by atoms with Gasteiger partial charge in [0.05, 0.1) is 17.8 Å². The Morgan fingerprint density at radius 1 is 1.29 bits per heavy atom. The van der Waals surface area contributed by atoms with Gasteiger partial charge in [-0.1, -0.05) is 0 Å². The molecule has 0 radical (unpaired) electrons. The van der Waals surface area contributed by atoms with E-state index in [0.29, 0.717) is 0 Å². The first-order valence-electron chi connectivity index (χ1n) is 6.16. The van der Waals surface area contributed by atoms with Crippen molar-refractivity contribution < 1.29 is 23.9 Å². The lowest BCUT2D eigenvalue weighted by Crippen LogP contribution is -2.41. The van der Waals surface area contributed by atoms with Gasteiger partial charge in [-0.3, -0.25) is 4.79 Å². The zero-order valence-electron chi connectivity index (χ0n) is 11.6. The highest BCUT2D eigenvalue weighted by molar-refractivity contribution is 5.93. The number of nitrogens with one attached hydrogen (secondary N) is 3. The quantitative estimate of drug-likeness (QED) is 0.654. The highest BCUT2D eigenvalue weighted by Crippen LogP contribution is 2.15. The molecular formula is C13H16FN3O4. The van der Waals surface area contributed by atoms with Gasteiger partial charge in [0.25, 0.3) is 0 Å². The molecule has 0 aliphatic rings. The Hall–Kier alpha value is -2.64. The molecule has 4 N–H and O–H groups in total. The van der Waals surface area contributed by atoms with Crippen molar-refractivity contribution in [3.8, 4) is 0 Å². The van der Waals surface area contributed by atoms with Crippen LogP contribution in [-0.2, 0) is 4.79 Å². The number of carboxylic acids is 1. The number of benzene rings is 1. The average Bonchev–Trinajstić information content (AvgIpc) is 2.37. The first kappa shape index (κ1) is 16.4. The van der Waals surface area contributed by atoms with Crippen LogP contribution >= 0.6 is 0 Å². The van der Waals surface area contributed by atoms with Gasteiger partial charge in [-0.25, -0.2) is 14.0 Å². The van der Waals surface area contributed by atoms with Gasteiger partial charge >= 0.3 is 12.0 Å². The lowest BCUT2D eigenvalue weighted by molar-refractivity contribution is -0.120. The van der Waals surface area contributed by atoms with E-state index in [2.05, 4.69) is 16.0 Å². The van der Waals surface area contributed by atoms with Gasteiger partial charge in [-0.15, -0.1) is 0 Å². The van der Waals surface area contributed by atoms with Crippen molar-refractivity contribution in [2.75, 3.05) is 11.9 Å². The number of rotatable bonds is 5. The van der Waals surface area contributed by atoms with Crippen LogP contribution in [0.15, 0.2) is 18.2 Å². The fraction of sp³-hybridized carbons (Fsp3) is 0.308. The molecule has 8 heteroatoms. The van der Waals surface area contributed by atoms with Gasteiger partial charge in [0.1, 0.15) is 5.82 Å². The lowest BCUT2D eigenvalue weighted by atomic mass is 10.2. The molecule has 3 amide bonds. The number of hydrogen-bond acceptors (Lipinski definition) is 3. The maximum atomic E-state index is 13.6. The van der Waals surface area contributed by atoms with Gasteiger partial charge in [0.15, 0.2) is 0 Å². The van der Waals surface area contributed by atoms with E-state index in [-0.39, 0.29) is 29.7 Å². The summed E-state index contributed by atoms with van der Waals surface area (Å²) in [6, 6.07) is 2.27. The molecule has 0 spiro atoms. The van der Waals surface area contributed by atoms with E-state index in [1.165, 1.54) is 0 Å². The second kappa shape index (κ2) is 7.22. The molecule has 21 heavy (non-hydrogen) atoms. The number of hydrogen-bond donors (Lipinski definition) is 4. The van der Waals surface area contributed by atoms with Gasteiger partial charge in [-0.05, 0) is 32.0 Å². The zero-order chi connectivity index (χ0) is 16.0. The Morgan fingerprint density at radius 2 is 1.95 bits per heavy atom. The first-order valence-corrected chi connectivity index (χ1v) is 6.16. The number of halogens is 1. The monoisotopic (exact) mass is 297 g/mol. The molecule has 0 atom stereocenters. The number of carbonyl (C=O) groups excluding carboxylic acids is 2. The number of carboxylic acid groups (broad SMARTS) is 1. The van der Waals surface area contributed by atoms with Crippen LogP contribution < -0.4 is 16.0 Å². The third kappa shape index (κ3) is 5.47.